The van der Waals surface area contributed by atoms with Gasteiger partial charge in [-0.25, -0.2) is 0 Å². The molecule has 6 N–H and O–H groups in total. The quantitative estimate of drug-likeness (QED) is 0.0195. The molecule has 0 aromatic rings. The summed E-state index contributed by atoms with van der Waals surface area (Å²) in [5, 5.41) is 54.7. The Morgan fingerprint density at radius 3 is 0.980 bits per heavy atom. The van der Waals surface area contributed by atoms with E-state index in [1.54, 1.807) is 6.08 Å². The zero-order chi connectivity index (χ0) is 70.8. The number of esters is 1. The van der Waals surface area contributed by atoms with Crippen LogP contribution in [-0.4, -0.2) is 100 Å². The van der Waals surface area contributed by atoms with Gasteiger partial charge in [0.1, 0.15) is 24.4 Å². The minimum atomic E-state index is -1.57. The van der Waals surface area contributed by atoms with E-state index in [9.17, 15) is 35.1 Å². The Labute approximate surface area is 606 Å². The molecule has 11 nitrogen and oxygen atoms in total. The van der Waals surface area contributed by atoms with E-state index in [2.05, 4.69) is 43.5 Å². The number of unbranched alkanes of at least 4 members (excludes halogenated alkanes) is 60. The number of allylic oxidation sites excluding steroid dienone is 5. The van der Waals surface area contributed by atoms with Gasteiger partial charge in [-0.1, -0.05) is 384 Å². The highest BCUT2D eigenvalue weighted by Gasteiger charge is 2.44. The number of aliphatic hydroxyl groups is 5. The van der Waals surface area contributed by atoms with Crippen LogP contribution < -0.4 is 5.32 Å². The molecule has 0 aromatic carbocycles. The molecular formula is C87H165NO10. The van der Waals surface area contributed by atoms with Crippen LogP contribution in [0.1, 0.15) is 444 Å². The first kappa shape index (κ1) is 93.9. The lowest BCUT2D eigenvalue weighted by atomic mass is 9.99. The molecule has 0 spiro atoms. The summed E-state index contributed by atoms with van der Waals surface area (Å²) < 4.78 is 16.8. The molecule has 0 saturated carbocycles. The minimum absolute atomic E-state index is 0.0143. The summed E-state index contributed by atoms with van der Waals surface area (Å²) in [7, 11) is 0. The minimum Gasteiger partial charge on any atom is -0.466 e. The molecule has 0 aliphatic carbocycles. The predicted molar refractivity (Wildman–Crippen MR) is 417 cm³/mol. The van der Waals surface area contributed by atoms with Crippen LogP contribution in [0.15, 0.2) is 36.5 Å². The third-order valence-electron chi connectivity index (χ3n) is 20.7. The highest BCUT2D eigenvalue weighted by atomic mass is 16.7. The van der Waals surface area contributed by atoms with Crippen molar-refractivity contribution in [3.63, 3.8) is 0 Å². The van der Waals surface area contributed by atoms with Crippen molar-refractivity contribution in [2.45, 2.75) is 487 Å². The zero-order valence-corrected chi connectivity index (χ0v) is 64.8. The van der Waals surface area contributed by atoms with Gasteiger partial charge in [0.05, 0.1) is 32.0 Å². The van der Waals surface area contributed by atoms with Gasteiger partial charge in [-0.2, -0.15) is 0 Å². The molecular weight excluding hydrogens is 1220 g/mol. The van der Waals surface area contributed by atoms with Crippen molar-refractivity contribution in [1.82, 2.24) is 5.32 Å². The van der Waals surface area contributed by atoms with Gasteiger partial charge in [-0.3, -0.25) is 9.59 Å². The second-order valence-corrected chi connectivity index (χ2v) is 30.2. The van der Waals surface area contributed by atoms with E-state index in [1.165, 1.54) is 360 Å². The van der Waals surface area contributed by atoms with Gasteiger partial charge in [-0.05, 0) is 83.5 Å². The van der Waals surface area contributed by atoms with Crippen LogP contribution >= 0.6 is 0 Å². The summed E-state index contributed by atoms with van der Waals surface area (Å²) in [6.07, 6.45) is 90.5. The number of hydrogen-bond donors (Lipinski definition) is 6. The largest absolute Gasteiger partial charge is 0.466 e. The molecule has 1 saturated heterocycles. The van der Waals surface area contributed by atoms with Gasteiger partial charge in [0.2, 0.25) is 5.91 Å². The first-order valence-electron chi connectivity index (χ1n) is 43.3. The summed E-state index contributed by atoms with van der Waals surface area (Å²) >= 11 is 0. The SMILES string of the molecule is CCCCCCCC/C=C\CCCCCCCCCC(=O)OCCCCCCCCCCCCCCCCCCCC/C=C\CCCCCCCCCCCCCCCCCCCC(=O)NC(COC1OC(CO)C(O)C(O)C1O)C(O)/C=C/CCCCCCCCCCCCCC. The van der Waals surface area contributed by atoms with Crippen LogP contribution in [-0.2, 0) is 23.8 Å². The lowest BCUT2D eigenvalue weighted by Crippen LogP contribution is -2.60. The number of hydrogen-bond acceptors (Lipinski definition) is 10. The molecule has 1 heterocycles. The van der Waals surface area contributed by atoms with Crippen molar-refractivity contribution < 1.29 is 49.3 Å². The van der Waals surface area contributed by atoms with E-state index in [4.69, 9.17) is 14.2 Å². The van der Waals surface area contributed by atoms with Crippen molar-refractivity contribution >= 4 is 11.9 Å². The molecule has 0 aromatic heterocycles. The Morgan fingerprint density at radius 2 is 0.653 bits per heavy atom. The molecule has 1 aliphatic heterocycles. The highest BCUT2D eigenvalue weighted by Crippen LogP contribution is 2.24. The van der Waals surface area contributed by atoms with Crippen molar-refractivity contribution in [3.8, 4) is 0 Å². The van der Waals surface area contributed by atoms with Gasteiger partial charge in [0, 0.05) is 12.8 Å². The van der Waals surface area contributed by atoms with Crippen molar-refractivity contribution in [2.24, 2.45) is 0 Å². The van der Waals surface area contributed by atoms with Crippen LogP contribution in [0.4, 0.5) is 0 Å². The summed E-state index contributed by atoms with van der Waals surface area (Å²) in [5.74, 6) is -0.160. The Morgan fingerprint density at radius 1 is 0.367 bits per heavy atom. The maximum absolute atomic E-state index is 13.1. The second kappa shape index (κ2) is 76.0. The first-order valence-corrected chi connectivity index (χ1v) is 43.3. The normalized spacial score (nSPS) is 17.3. The highest BCUT2D eigenvalue weighted by molar-refractivity contribution is 5.76. The molecule has 1 aliphatic rings. The average molecular weight is 1390 g/mol. The molecule has 1 rings (SSSR count). The fourth-order valence-electron chi connectivity index (χ4n) is 14.0. The Bertz CT molecular complexity index is 1720. The fraction of sp³-hybridized carbons (Fsp3) is 0.908. The topological polar surface area (TPSA) is 175 Å². The molecule has 7 unspecified atom stereocenters. The molecule has 1 fully saturated rings. The molecule has 0 radical (unpaired) electrons. The predicted octanol–water partition coefficient (Wildman–Crippen LogP) is 24.0. The second-order valence-electron chi connectivity index (χ2n) is 30.2. The van der Waals surface area contributed by atoms with Gasteiger partial charge < -0.3 is 45.1 Å². The van der Waals surface area contributed by atoms with Gasteiger partial charge in [-0.15, -0.1) is 0 Å². The van der Waals surface area contributed by atoms with Crippen LogP contribution in [0.2, 0.25) is 0 Å². The lowest BCUT2D eigenvalue weighted by molar-refractivity contribution is -0.302. The summed E-state index contributed by atoms with van der Waals surface area (Å²) in [5.41, 5.74) is 0. The van der Waals surface area contributed by atoms with Gasteiger partial charge in [0.15, 0.2) is 6.29 Å². The third kappa shape index (κ3) is 63.6. The number of carbonyl (C=O) groups is 2. The van der Waals surface area contributed by atoms with Crippen molar-refractivity contribution in [1.29, 1.82) is 0 Å². The first-order chi connectivity index (χ1) is 48.2. The maximum atomic E-state index is 13.1. The zero-order valence-electron chi connectivity index (χ0n) is 64.8. The van der Waals surface area contributed by atoms with E-state index >= 15 is 0 Å². The monoisotopic (exact) mass is 1380 g/mol. The van der Waals surface area contributed by atoms with E-state index in [0.29, 0.717) is 19.4 Å². The number of amides is 1. The summed E-state index contributed by atoms with van der Waals surface area (Å²) in [6.45, 7) is 4.40. The van der Waals surface area contributed by atoms with Gasteiger partial charge >= 0.3 is 5.97 Å². The van der Waals surface area contributed by atoms with E-state index in [-0.39, 0.29) is 18.5 Å². The smallest absolute Gasteiger partial charge is 0.305 e. The Balaban J connectivity index is 1.87. The summed E-state index contributed by atoms with van der Waals surface area (Å²) in [6, 6.07) is -0.807. The van der Waals surface area contributed by atoms with Crippen molar-refractivity contribution in [2.75, 3.05) is 19.8 Å². The molecule has 11 heteroatoms. The fourth-order valence-corrected chi connectivity index (χ4v) is 14.0. The van der Waals surface area contributed by atoms with Crippen LogP contribution in [0.5, 0.6) is 0 Å². The molecule has 1 amide bonds. The standard InChI is InChI=1S/C87H165NO10/c1-3-5-7-9-11-13-15-17-19-43-47-51-55-59-63-67-71-75-83(92)96-76-72-68-64-60-56-52-48-45-42-40-38-36-34-32-30-28-26-24-22-20-21-23-25-27-29-31-33-35-37-39-41-44-46-50-54-58-62-66-70-74-82(91)88-79(78-97-87-86(95)85(94)84(93)81(77-89)98-87)80(90)73-69-65-61-57-53-49-18-16-14-12-10-8-6-4-2/h17,19-21,69,73,79-81,84-87,89-90,93-95H,3-16,18,22-68,70-72,74-78H2,1-2H3,(H,88,91)/b19-17-,21-20-,73-69+. The van der Waals surface area contributed by atoms with E-state index in [0.717, 1.165) is 57.8 Å². The number of nitrogens with one attached hydrogen (secondary N) is 1. The molecule has 578 valence electrons. The molecule has 7 atom stereocenters. The molecule has 0 bridgehead atoms. The third-order valence-corrected chi connectivity index (χ3v) is 20.7. The van der Waals surface area contributed by atoms with Crippen LogP contribution in [0.3, 0.4) is 0 Å². The Kier molecular flexibility index (Phi) is 72.8. The van der Waals surface area contributed by atoms with Crippen LogP contribution in [0, 0.1) is 0 Å². The van der Waals surface area contributed by atoms with Crippen LogP contribution in [0.25, 0.3) is 0 Å². The molecule has 98 heavy (non-hydrogen) atoms. The average Bonchev–Trinajstić information content (AvgIpc) is 0.833. The van der Waals surface area contributed by atoms with E-state index in [1.807, 2.05) is 6.08 Å². The lowest BCUT2D eigenvalue weighted by Gasteiger charge is -2.40. The van der Waals surface area contributed by atoms with Gasteiger partial charge in [0.25, 0.3) is 0 Å². The van der Waals surface area contributed by atoms with E-state index < -0.39 is 49.5 Å². The Hall–Kier alpha value is -2.12. The summed E-state index contributed by atoms with van der Waals surface area (Å²) in [4.78, 5) is 25.2. The number of aliphatic hydroxyl groups excluding tert-OH is 5. The number of rotatable bonds is 78. The number of carbonyl (C=O) groups excluding carboxylic acids is 2. The maximum Gasteiger partial charge on any atom is 0.305 e. The van der Waals surface area contributed by atoms with Crippen molar-refractivity contribution in [3.05, 3.63) is 36.5 Å². The number of ether oxygens (including phenoxy) is 3.